The number of alkyl halides is 1. The number of hydrogen-bond acceptors (Lipinski definition) is 1. The van der Waals surface area contributed by atoms with Gasteiger partial charge >= 0.3 is 0 Å². The molecule has 0 radical (unpaired) electrons. The van der Waals surface area contributed by atoms with Gasteiger partial charge in [0.15, 0.2) is 0 Å². The first-order valence-electron chi connectivity index (χ1n) is 6.12. The summed E-state index contributed by atoms with van der Waals surface area (Å²) in [4.78, 5) is 0.631. The molecule has 0 saturated heterocycles. The van der Waals surface area contributed by atoms with Gasteiger partial charge in [0.2, 0.25) is 0 Å². The predicted molar refractivity (Wildman–Crippen MR) is 62.9 cm³/mol. The molecule has 1 nitrogen and oxygen atoms in total. The van der Waals surface area contributed by atoms with Crippen LogP contribution >= 0.6 is 15.9 Å². The van der Waals surface area contributed by atoms with Gasteiger partial charge in [-0.05, 0) is 38.0 Å². The molecule has 0 spiro atoms. The molecule has 2 heteroatoms. The summed E-state index contributed by atoms with van der Waals surface area (Å²) in [5.74, 6) is 0.865. The van der Waals surface area contributed by atoms with Crippen LogP contribution in [0.4, 0.5) is 0 Å². The summed E-state index contributed by atoms with van der Waals surface area (Å²) >= 11 is 3.70. The first-order valence-corrected chi connectivity index (χ1v) is 7.03. The van der Waals surface area contributed by atoms with Gasteiger partial charge in [-0.25, -0.2) is 0 Å². The molecule has 0 heterocycles. The molecule has 0 aromatic carbocycles. The zero-order valence-electron chi connectivity index (χ0n) is 8.88. The lowest BCUT2D eigenvalue weighted by Crippen LogP contribution is -2.23. The minimum atomic E-state index is 0.511. The molecule has 0 aromatic rings. The third kappa shape index (κ3) is 2.96. The second kappa shape index (κ2) is 5.50. The Morgan fingerprint density at radius 3 is 2.36 bits per heavy atom. The van der Waals surface area contributed by atoms with E-state index < -0.39 is 0 Å². The lowest BCUT2D eigenvalue weighted by Gasteiger charge is -2.24. The molecular weight excluding hydrogens is 240 g/mol. The Hall–Kier alpha value is 0.440. The summed E-state index contributed by atoms with van der Waals surface area (Å²) in [6.07, 6.45) is 11.5. The molecule has 14 heavy (non-hydrogen) atoms. The zero-order valence-corrected chi connectivity index (χ0v) is 10.5. The number of ether oxygens (including phenoxy) is 1. The van der Waals surface area contributed by atoms with Crippen molar-refractivity contribution in [1.29, 1.82) is 0 Å². The smallest absolute Gasteiger partial charge is 0.0700 e. The number of hydrogen-bond donors (Lipinski definition) is 0. The molecule has 2 unspecified atom stereocenters. The molecule has 2 rings (SSSR count). The van der Waals surface area contributed by atoms with Crippen molar-refractivity contribution in [3.63, 3.8) is 0 Å². The van der Waals surface area contributed by atoms with Crippen LogP contribution in [0.15, 0.2) is 0 Å². The average molecular weight is 261 g/mol. The monoisotopic (exact) mass is 260 g/mol. The van der Waals surface area contributed by atoms with Crippen LogP contribution in [0.25, 0.3) is 0 Å². The largest absolute Gasteiger partial charge is 0.377 e. The molecule has 0 aliphatic heterocycles. The average Bonchev–Trinajstić information content (AvgIpc) is 2.63. The van der Waals surface area contributed by atoms with Crippen LogP contribution in [0.3, 0.4) is 0 Å². The second-order valence-corrected chi connectivity index (χ2v) is 6.00. The second-order valence-electron chi connectivity index (χ2n) is 4.82. The van der Waals surface area contributed by atoms with Crippen LogP contribution in [-0.4, -0.2) is 17.5 Å². The minimum absolute atomic E-state index is 0.511. The summed E-state index contributed by atoms with van der Waals surface area (Å²) < 4.78 is 6.01. The fraction of sp³-hybridized carbons (Fsp3) is 1.00. The van der Waals surface area contributed by atoms with Gasteiger partial charge in [-0.15, -0.1) is 0 Å². The van der Waals surface area contributed by atoms with Crippen LogP contribution in [-0.2, 0) is 4.74 Å². The van der Waals surface area contributed by atoms with E-state index in [4.69, 9.17) is 4.74 Å². The molecular formula is C12H21BrO. The van der Waals surface area contributed by atoms with E-state index in [-0.39, 0.29) is 0 Å². The van der Waals surface area contributed by atoms with Crippen LogP contribution in [0.5, 0.6) is 0 Å². The van der Waals surface area contributed by atoms with Gasteiger partial charge in [0.05, 0.1) is 6.10 Å². The van der Waals surface area contributed by atoms with E-state index in [1.165, 1.54) is 51.4 Å². The van der Waals surface area contributed by atoms with Gasteiger partial charge in [0.25, 0.3) is 0 Å². The minimum Gasteiger partial charge on any atom is -0.377 e. The van der Waals surface area contributed by atoms with E-state index >= 15 is 0 Å². The highest BCUT2D eigenvalue weighted by molar-refractivity contribution is 9.09. The van der Waals surface area contributed by atoms with Gasteiger partial charge in [-0.1, -0.05) is 35.2 Å². The van der Waals surface area contributed by atoms with E-state index in [0.717, 1.165) is 12.5 Å². The molecule has 2 saturated carbocycles. The summed E-state index contributed by atoms with van der Waals surface area (Å²) in [6, 6.07) is 0. The topological polar surface area (TPSA) is 9.23 Å². The number of halogens is 1. The Balaban J connectivity index is 1.65. The van der Waals surface area contributed by atoms with Crippen molar-refractivity contribution in [2.75, 3.05) is 6.61 Å². The lowest BCUT2D eigenvalue weighted by molar-refractivity contribution is 0.0286. The molecule has 2 fully saturated rings. The fourth-order valence-corrected chi connectivity index (χ4v) is 3.42. The van der Waals surface area contributed by atoms with Crippen molar-refractivity contribution < 1.29 is 4.74 Å². The summed E-state index contributed by atoms with van der Waals surface area (Å²) in [5, 5.41) is 0. The van der Waals surface area contributed by atoms with Crippen LogP contribution in [0.1, 0.15) is 51.4 Å². The van der Waals surface area contributed by atoms with Crippen molar-refractivity contribution in [2.45, 2.75) is 62.3 Å². The molecule has 82 valence electrons. The Labute approximate surface area is 95.7 Å². The predicted octanol–water partition coefficient (Wildman–Crippen LogP) is 3.90. The summed E-state index contributed by atoms with van der Waals surface area (Å²) in [6.45, 7) is 1.02. The van der Waals surface area contributed by atoms with E-state index in [1.807, 2.05) is 0 Å². The van der Waals surface area contributed by atoms with Gasteiger partial charge in [-0.3, -0.25) is 0 Å². The van der Waals surface area contributed by atoms with Crippen molar-refractivity contribution in [1.82, 2.24) is 0 Å². The van der Waals surface area contributed by atoms with Crippen molar-refractivity contribution in [2.24, 2.45) is 5.92 Å². The van der Waals surface area contributed by atoms with E-state index in [2.05, 4.69) is 15.9 Å². The van der Waals surface area contributed by atoms with E-state index in [0.29, 0.717) is 10.9 Å². The fourth-order valence-electron chi connectivity index (χ4n) is 2.68. The van der Waals surface area contributed by atoms with Gasteiger partial charge in [0, 0.05) is 11.4 Å². The highest BCUT2D eigenvalue weighted by Crippen LogP contribution is 2.30. The molecule has 0 aromatic heterocycles. The standard InChI is InChI=1S/C12H21BrO/c13-11-7-4-8-12(11)14-9-10-5-2-1-3-6-10/h10-12H,1-9H2. The highest BCUT2D eigenvalue weighted by Gasteiger charge is 2.26. The van der Waals surface area contributed by atoms with Crippen molar-refractivity contribution in [3.05, 3.63) is 0 Å². The van der Waals surface area contributed by atoms with Crippen LogP contribution < -0.4 is 0 Å². The third-order valence-electron chi connectivity index (χ3n) is 3.64. The summed E-state index contributed by atoms with van der Waals surface area (Å²) in [7, 11) is 0. The maximum Gasteiger partial charge on any atom is 0.0700 e. The van der Waals surface area contributed by atoms with Crippen LogP contribution in [0, 0.1) is 5.92 Å². The molecule has 2 aliphatic carbocycles. The molecule has 0 bridgehead atoms. The third-order valence-corrected chi connectivity index (χ3v) is 4.69. The lowest BCUT2D eigenvalue weighted by atomic mass is 9.90. The quantitative estimate of drug-likeness (QED) is 0.700. The van der Waals surface area contributed by atoms with Crippen LogP contribution in [0.2, 0.25) is 0 Å². The van der Waals surface area contributed by atoms with Gasteiger partial charge in [0.1, 0.15) is 0 Å². The Kier molecular flexibility index (Phi) is 4.30. The maximum atomic E-state index is 6.01. The van der Waals surface area contributed by atoms with E-state index in [9.17, 15) is 0 Å². The summed E-state index contributed by atoms with van der Waals surface area (Å²) in [5.41, 5.74) is 0. The zero-order chi connectivity index (χ0) is 9.80. The molecule has 0 amide bonds. The van der Waals surface area contributed by atoms with Crippen molar-refractivity contribution >= 4 is 15.9 Å². The number of rotatable bonds is 3. The SMILES string of the molecule is BrC1CCCC1OCC1CCCCC1. The molecule has 2 aliphatic rings. The Morgan fingerprint density at radius 2 is 1.71 bits per heavy atom. The van der Waals surface area contributed by atoms with E-state index in [1.54, 1.807) is 0 Å². The molecule has 0 N–H and O–H groups in total. The Bertz CT molecular complexity index is 166. The normalized spacial score (nSPS) is 34.9. The first-order chi connectivity index (χ1) is 6.86. The first kappa shape index (κ1) is 10.9. The molecule has 2 atom stereocenters. The Morgan fingerprint density at radius 1 is 0.929 bits per heavy atom. The van der Waals surface area contributed by atoms with Gasteiger partial charge in [-0.2, -0.15) is 0 Å². The van der Waals surface area contributed by atoms with Crippen molar-refractivity contribution in [3.8, 4) is 0 Å². The van der Waals surface area contributed by atoms with Gasteiger partial charge < -0.3 is 4.74 Å². The highest BCUT2D eigenvalue weighted by atomic mass is 79.9. The maximum absolute atomic E-state index is 6.01.